The molecule has 0 bridgehead atoms. The van der Waals surface area contributed by atoms with Crippen molar-refractivity contribution in [1.82, 2.24) is 4.98 Å². The number of hydrogen-bond acceptors (Lipinski definition) is 4. The number of nitrogens with zero attached hydrogens (tertiary/aromatic N) is 2. The Kier molecular flexibility index (Phi) is 3.90. The summed E-state index contributed by atoms with van der Waals surface area (Å²) < 4.78 is 5.13. The van der Waals surface area contributed by atoms with Crippen LogP contribution in [0.15, 0.2) is 35.1 Å². The molecule has 1 saturated heterocycles. The Morgan fingerprint density at radius 2 is 2.10 bits per heavy atom. The minimum Gasteiger partial charge on any atom is -0.469 e. The molecule has 1 aliphatic heterocycles. The molecule has 0 saturated carbocycles. The van der Waals surface area contributed by atoms with Gasteiger partial charge in [0.15, 0.2) is 0 Å². The molecule has 0 spiro atoms. The number of carbonyl (C=O) groups is 1. The van der Waals surface area contributed by atoms with Gasteiger partial charge < -0.3 is 14.6 Å². The average Bonchev–Trinajstić information content (AvgIpc) is 2.96. The van der Waals surface area contributed by atoms with E-state index in [1.165, 1.54) is 25.5 Å². The van der Waals surface area contributed by atoms with Gasteiger partial charge in [-0.05, 0) is 44.4 Å². The number of rotatable bonds is 3. The first-order valence-electron chi connectivity index (χ1n) is 7.30. The second-order valence-corrected chi connectivity index (χ2v) is 5.35. The zero-order valence-electron chi connectivity index (χ0n) is 12.1. The summed E-state index contributed by atoms with van der Waals surface area (Å²) in [6.45, 7) is 3.98. The van der Waals surface area contributed by atoms with Crippen LogP contribution in [-0.4, -0.2) is 24.0 Å². The first-order chi connectivity index (χ1) is 10.2. The summed E-state index contributed by atoms with van der Waals surface area (Å²) >= 11 is 0. The zero-order chi connectivity index (χ0) is 14.7. The fraction of sp³-hybridized carbons (Fsp3) is 0.375. The van der Waals surface area contributed by atoms with Gasteiger partial charge in [0.1, 0.15) is 17.8 Å². The molecule has 0 unspecified atom stereocenters. The highest BCUT2D eigenvalue weighted by Gasteiger charge is 2.12. The second kappa shape index (κ2) is 5.99. The molecule has 1 aliphatic rings. The first-order valence-corrected chi connectivity index (χ1v) is 7.30. The van der Waals surface area contributed by atoms with E-state index < -0.39 is 0 Å². The van der Waals surface area contributed by atoms with Crippen molar-refractivity contribution in [3.8, 4) is 0 Å². The number of aromatic nitrogens is 1. The third-order valence-electron chi connectivity index (χ3n) is 3.70. The lowest BCUT2D eigenvalue weighted by Crippen LogP contribution is -2.29. The van der Waals surface area contributed by atoms with E-state index in [1.807, 2.05) is 25.3 Å². The van der Waals surface area contributed by atoms with Crippen molar-refractivity contribution in [2.24, 2.45) is 0 Å². The Balaban J connectivity index is 1.65. The van der Waals surface area contributed by atoms with Crippen molar-refractivity contribution >= 4 is 17.4 Å². The molecule has 2 aromatic heterocycles. The number of nitrogens with one attached hydrogen (secondary N) is 1. The van der Waals surface area contributed by atoms with E-state index in [9.17, 15) is 4.79 Å². The maximum absolute atomic E-state index is 12.0. The quantitative estimate of drug-likeness (QED) is 0.940. The van der Waals surface area contributed by atoms with Crippen molar-refractivity contribution in [3.05, 3.63) is 42.0 Å². The van der Waals surface area contributed by atoms with Gasteiger partial charge in [-0.15, -0.1) is 0 Å². The number of amides is 1. The summed E-state index contributed by atoms with van der Waals surface area (Å²) in [6.07, 6.45) is 7.05. The van der Waals surface area contributed by atoms with Crippen LogP contribution in [0.1, 0.15) is 35.4 Å². The molecule has 2 aromatic rings. The minimum atomic E-state index is -0.204. The molecule has 5 nitrogen and oxygen atoms in total. The number of piperidine rings is 1. The van der Waals surface area contributed by atoms with Crippen LogP contribution in [0.5, 0.6) is 0 Å². The first kappa shape index (κ1) is 13.7. The van der Waals surface area contributed by atoms with Crippen LogP contribution in [-0.2, 0) is 0 Å². The molecule has 1 N–H and O–H groups in total. The second-order valence-electron chi connectivity index (χ2n) is 5.35. The summed E-state index contributed by atoms with van der Waals surface area (Å²) in [5.74, 6) is 1.07. The molecule has 0 radical (unpaired) electrons. The highest BCUT2D eigenvalue weighted by molar-refractivity contribution is 6.03. The molecular weight excluding hydrogens is 266 g/mol. The third-order valence-corrected chi connectivity index (χ3v) is 3.70. The summed E-state index contributed by atoms with van der Waals surface area (Å²) in [4.78, 5) is 18.6. The molecule has 0 aromatic carbocycles. The third kappa shape index (κ3) is 3.24. The number of pyridine rings is 1. The molecule has 110 valence electrons. The SMILES string of the molecule is Cc1cc(C(=O)Nc2ccc(N3CCCCC3)cn2)co1. The molecule has 1 fully saturated rings. The van der Waals surface area contributed by atoms with Crippen LogP contribution in [0.2, 0.25) is 0 Å². The van der Waals surface area contributed by atoms with Gasteiger partial charge in [-0.2, -0.15) is 0 Å². The van der Waals surface area contributed by atoms with Crippen LogP contribution >= 0.6 is 0 Å². The highest BCUT2D eigenvalue weighted by atomic mass is 16.3. The fourth-order valence-electron chi connectivity index (χ4n) is 2.55. The van der Waals surface area contributed by atoms with Crippen LogP contribution in [0, 0.1) is 6.92 Å². The topological polar surface area (TPSA) is 58.4 Å². The van der Waals surface area contributed by atoms with Gasteiger partial charge in [0.05, 0.1) is 17.4 Å². The maximum Gasteiger partial charge on any atom is 0.260 e. The van der Waals surface area contributed by atoms with Crippen molar-refractivity contribution in [2.45, 2.75) is 26.2 Å². The molecule has 5 heteroatoms. The maximum atomic E-state index is 12.0. The molecule has 1 amide bonds. The van der Waals surface area contributed by atoms with E-state index in [0.717, 1.165) is 18.8 Å². The van der Waals surface area contributed by atoms with Crippen molar-refractivity contribution in [1.29, 1.82) is 0 Å². The Hall–Kier alpha value is -2.30. The van der Waals surface area contributed by atoms with Crippen LogP contribution in [0.4, 0.5) is 11.5 Å². The van der Waals surface area contributed by atoms with Crippen LogP contribution in [0.3, 0.4) is 0 Å². The van der Waals surface area contributed by atoms with E-state index in [2.05, 4.69) is 15.2 Å². The van der Waals surface area contributed by atoms with Crippen molar-refractivity contribution in [2.75, 3.05) is 23.3 Å². The van der Waals surface area contributed by atoms with E-state index in [1.54, 1.807) is 6.07 Å². The Morgan fingerprint density at radius 3 is 2.71 bits per heavy atom. The lowest BCUT2D eigenvalue weighted by atomic mass is 10.1. The Bertz CT molecular complexity index is 613. The summed E-state index contributed by atoms with van der Waals surface area (Å²) in [5, 5.41) is 2.77. The van der Waals surface area contributed by atoms with Crippen LogP contribution < -0.4 is 10.2 Å². The lowest BCUT2D eigenvalue weighted by Gasteiger charge is -2.28. The van der Waals surface area contributed by atoms with Crippen molar-refractivity contribution < 1.29 is 9.21 Å². The number of carbonyl (C=O) groups excluding carboxylic acids is 1. The highest BCUT2D eigenvalue weighted by Crippen LogP contribution is 2.20. The monoisotopic (exact) mass is 285 g/mol. The van der Waals surface area contributed by atoms with Gasteiger partial charge in [-0.1, -0.05) is 0 Å². The Labute approximate surface area is 124 Å². The number of furan rings is 1. The standard InChI is InChI=1S/C16H19N3O2/c1-12-9-13(11-21-12)16(20)18-15-6-5-14(10-17-15)19-7-3-2-4-8-19/h5-6,9-11H,2-4,7-8H2,1H3,(H,17,18,20). The van der Waals surface area contributed by atoms with Crippen LogP contribution in [0.25, 0.3) is 0 Å². The molecule has 0 atom stereocenters. The molecule has 21 heavy (non-hydrogen) atoms. The lowest BCUT2D eigenvalue weighted by molar-refractivity contribution is 0.102. The largest absolute Gasteiger partial charge is 0.469 e. The van der Waals surface area contributed by atoms with Gasteiger partial charge in [0, 0.05) is 13.1 Å². The summed E-state index contributed by atoms with van der Waals surface area (Å²) in [6, 6.07) is 5.56. The van der Waals surface area contributed by atoms with Crippen molar-refractivity contribution in [3.63, 3.8) is 0 Å². The average molecular weight is 285 g/mol. The van der Waals surface area contributed by atoms with Gasteiger partial charge in [0.2, 0.25) is 0 Å². The predicted octanol–water partition coefficient (Wildman–Crippen LogP) is 3.23. The number of hydrogen-bond donors (Lipinski definition) is 1. The Morgan fingerprint density at radius 1 is 1.29 bits per heavy atom. The fourth-order valence-corrected chi connectivity index (χ4v) is 2.55. The van der Waals surface area contributed by atoms with E-state index in [4.69, 9.17) is 4.42 Å². The van der Waals surface area contributed by atoms with E-state index in [0.29, 0.717) is 17.1 Å². The van der Waals surface area contributed by atoms with E-state index >= 15 is 0 Å². The smallest absolute Gasteiger partial charge is 0.260 e. The van der Waals surface area contributed by atoms with Gasteiger partial charge in [-0.25, -0.2) is 4.98 Å². The predicted molar refractivity (Wildman–Crippen MR) is 81.7 cm³/mol. The molecule has 0 aliphatic carbocycles. The van der Waals surface area contributed by atoms with Gasteiger partial charge in [0.25, 0.3) is 5.91 Å². The van der Waals surface area contributed by atoms with E-state index in [-0.39, 0.29) is 5.91 Å². The number of aryl methyl sites for hydroxylation is 1. The summed E-state index contributed by atoms with van der Waals surface area (Å²) in [7, 11) is 0. The number of anilines is 2. The summed E-state index contributed by atoms with van der Waals surface area (Å²) in [5.41, 5.74) is 1.63. The minimum absolute atomic E-state index is 0.204. The molecular formula is C16H19N3O2. The molecule has 3 heterocycles. The van der Waals surface area contributed by atoms with Gasteiger partial charge in [-0.3, -0.25) is 4.79 Å². The molecule has 3 rings (SSSR count). The zero-order valence-corrected chi connectivity index (χ0v) is 12.1. The normalized spacial score (nSPS) is 15.0. The van der Waals surface area contributed by atoms with Gasteiger partial charge >= 0.3 is 0 Å².